The van der Waals surface area contributed by atoms with Crippen molar-refractivity contribution in [2.75, 3.05) is 13.1 Å². The van der Waals surface area contributed by atoms with E-state index < -0.39 is 0 Å². The first-order chi connectivity index (χ1) is 5.79. The van der Waals surface area contributed by atoms with Crippen LogP contribution in [-0.2, 0) is 0 Å². The summed E-state index contributed by atoms with van der Waals surface area (Å²) in [5.74, 6) is 0.324. The number of aliphatic hydroxyl groups is 1. The highest BCUT2D eigenvalue weighted by atomic mass is 32.1. The molecule has 2 heterocycles. The number of nitrogens with one attached hydrogen (secondary N) is 1. The van der Waals surface area contributed by atoms with E-state index in [1.165, 1.54) is 10.4 Å². The average Bonchev–Trinajstić information content (AvgIpc) is 2.59. The third kappa shape index (κ3) is 1.28. The Balaban J connectivity index is 2.24. The van der Waals surface area contributed by atoms with Gasteiger partial charge in [0.15, 0.2) is 0 Å². The molecule has 66 valence electrons. The highest BCUT2D eigenvalue weighted by Crippen LogP contribution is 2.29. The predicted octanol–water partition coefficient (Wildman–Crippen LogP) is 1.10. The fourth-order valence-corrected chi connectivity index (χ4v) is 2.78. The smallest absolute Gasteiger partial charge is 0.0753 e. The Bertz CT molecular complexity index is 271. The standard InChI is InChI=1S/C9H13NOS/c1-6-2-3-12-9(6)7-4-10-5-8(7)11/h2-3,7-8,10-11H,4-5H2,1H3/t7-,8-/m1/s1. The van der Waals surface area contributed by atoms with E-state index in [1.54, 1.807) is 11.3 Å². The molecule has 2 atom stereocenters. The summed E-state index contributed by atoms with van der Waals surface area (Å²) in [7, 11) is 0. The topological polar surface area (TPSA) is 32.3 Å². The molecule has 1 aliphatic heterocycles. The second-order valence-corrected chi connectivity index (χ2v) is 4.25. The van der Waals surface area contributed by atoms with Crippen molar-refractivity contribution in [2.24, 2.45) is 0 Å². The zero-order chi connectivity index (χ0) is 8.55. The molecule has 1 fully saturated rings. The predicted molar refractivity (Wildman–Crippen MR) is 50.7 cm³/mol. The van der Waals surface area contributed by atoms with Crippen LogP contribution in [0.1, 0.15) is 16.4 Å². The van der Waals surface area contributed by atoms with Gasteiger partial charge in [0.25, 0.3) is 0 Å². The number of β-amino-alcohol motifs (C(OH)–C–C–N with tert-alkyl or cyclic N) is 1. The first-order valence-corrected chi connectivity index (χ1v) is 5.10. The summed E-state index contributed by atoms with van der Waals surface area (Å²) in [6, 6.07) is 2.12. The molecular weight excluding hydrogens is 170 g/mol. The SMILES string of the molecule is Cc1ccsc1[C@@H]1CNC[C@H]1O. The molecule has 1 aromatic rings. The summed E-state index contributed by atoms with van der Waals surface area (Å²) in [4.78, 5) is 1.34. The Hall–Kier alpha value is -0.380. The van der Waals surface area contributed by atoms with Gasteiger partial charge in [-0.2, -0.15) is 0 Å². The van der Waals surface area contributed by atoms with Crippen LogP contribution in [0.15, 0.2) is 11.4 Å². The van der Waals surface area contributed by atoms with Crippen LogP contribution in [0, 0.1) is 6.92 Å². The lowest BCUT2D eigenvalue weighted by atomic mass is 10.0. The molecule has 1 saturated heterocycles. The molecule has 0 aromatic carbocycles. The number of thiophene rings is 1. The van der Waals surface area contributed by atoms with E-state index >= 15 is 0 Å². The van der Waals surface area contributed by atoms with Gasteiger partial charge in [-0.05, 0) is 23.9 Å². The van der Waals surface area contributed by atoms with Gasteiger partial charge in [-0.15, -0.1) is 11.3 Å². The third-order valence-corrected chi connectivity index (χ3v) is 3.57. The van der Waals surface area contributed by atoms with E-state index in [0.717, 1.165) is 13.1 Å². The van der Waals surface area contributed by atoms with Crippen molar-refractivity contribution in [3.63, 3.8) is 0 Å². The van der Waals surface area contributed by atoms with Gasteiger partial charge in [-0.25, -0.2) is 0 Å². The number of rotatable bonds is 1. The van der Waals surface area contributed by atoms with Gasteiger partial charge in [-0.3, -0.25) is 0 Å². The molecule has 0 spiro atoms. The first-order valence-electron chi connectivity index (χ1n) is 4.22. The zero-order valence-corrected chi connectivity index (χ0v) is 7.90. The number of hydrogen-bond acceptors (Lipinski definition) is 3. The van der Waals surface area contributed by atoms with Crippen LogP contribution in [0.5, 0.6) is 0 Å². The molecule has 1 aromatic heterocycles. The van der Waals surface area contributed by atoms with Crippen molar-refractivity contribution in [3.05, 3.63) is 21.9 Å². The molecular formula is C9H13NOS. The Morgan fingerprint density at radius 1 is 1.58 bits per heavy atom. The molecule has 0 unspecified atom stereocenters. The van der Waals surface area contributed by atoms with Crippen LogP contribution >= 0.6 is 11.3 Å². The molecule has 0 amide bonds. The maximum atomic E-state index is 9.63. The summed E-state index contributed by atoms with van der Waals surface area (Å²) in [5, 5.41) is 14.9. The van der Waals surface area contributed by atoms with Gasteiger partial charge in [0.2, 0.25) is 0 Å². The highest BCUT2D eigenvalue weighted by Gasteiger charge is 2.28. The van der Waals surface area contributed by atoms with Crippen LogP contribution in [0.3, 0.4) is 0 Å². The maximum absolute atomic E-state index is 9.63. The van der Waals surface area contributed by atoms with Gasteiger partial charge in [-0.1, -0.05) is 0 Å². The molecule has 2 nitrogen and oxygen atoms in total. The fourth-order valence-electron chi connectivity index (χ4n) is 1.70. The number of hydrogen-bond donors (Lipinski definition) is 2. The van der Waals surface area contributed by atoms with Gasteiger partial charge < -0.3 is 10.4 Å². The summed E-state index contributed by atoms with van der Waals surface area (Å²) < 4.78 is 0. The number of aliphatic hydroxyl groups excluding tert-OH is 1. The van der Waals surface area contributed by atoms with E-state index in [4.69, 9.17) is 0 Å². The van der Waals surface area contributed by atoms with Gasteiger partial charge in [0.1, 0.15) is 0 Å². The van der Waals surface area contributed by atoms with Crippen molar-refractivity contribution in [1.29, 1.82) is 0 Å². The average molecular weight is 183 g/mol. The molecule has 12 heavy (non-hydrogen) atoms. The van der Waals surface area contributed by atoms with Crippen LogP contribution in [0.2, 0.25) is 0 Å². The normalized spacial score (nSPS) is 29.5. The van der Waals surface area contributed by atoms with E-state index in [2.05, 4.69) is 23.7 Å². The molecule has 0 bridgehead atoms. The summed E-state index contributed by atoms with van der Waals surface area (Å²) in [5.41, 5.74) is 1.31. The fraction of sp³-hybridized carbons (Fsp3) is 0.556. The van der Waals surface area contributed by atoms with Crippen molar-refractivity contribution in [3.8, 4) is 0 Å². The lowest BCUT2D eigenvalue weighted by molar-refractivity contribution is 0.178. The largest absolute Gasteiger partial charge is 0.391 e. The van der Waals surface area contributed by atoms with Crippen molar-refractivity contribution >= 4 is 11.3 Å². The molecule has 0 aliphatic carbocycles. The number of aryl methyl sites for hydroxylation is 1. The van der Waals surface area contributed by atoms with Crippen LogP contribution in [-0.4, -0.2) is 24.3 Å². The lowest BCUT2D eigenvalue weighted by Crippen LogP contribution is -2.15. The summed E-state index contributed by atoms with van der Waals surface area (Å²) in [6.45, 7) is 3.77. The Morgan fingerprint density at radius 2 is 2.42 bits per heavy atom. The van der Waals surface area contributed by atoms with Crippen molar-refractivity contribution in [1.82, 2.24) is 5.32 Å². The first kappa shape index (κ1) is 8.23. The Morgan fingerprint density at radius 3 is 2.92 bits per heavy atom. The Kier molecular flexibility index (Phi) is 2.17. The van der Waals surface area contributed by atoms with Gasteiger partial charge in [0.05, 0.1) is 6.10 Å². The van der Waals surface area contributed by atoms with Gasteiger partial charge >= 0.3 is 0 Å². The zero-order valence-electron chi connectivity index (χ0n) is 7.08. The van der Waals surface area contributed by atoms with E-state index in [1.807, 2.05) is 0 Å². The quantitative estimate of drug-likeness (QED) is 0.683. The minimum Gasteiger partial charge on any atom is -0.391 e. The molecule has 0 saturated carbocycles. The third-order valence-electron chi connectivity index (χ3n) is 2.42. The second kappa shape index (κ2) is 3.17. The van der Waals surface area contributed by atoms with E-state index in [9.17, 15) is 5.11 Å². The van der Waals surface area contributed by atoms with Crippen LogP contribution in [0.4, 0.5) is 0 Å². The highest BCUT2D eigenvalue weighted by molar-refractivity contribution is 7.10. The summed E-state index contributed by atoms with van der Waals surface area (Å²) in [6.07, 6.45) is -0.192. The Labute approximate surface area is 76.2 Å². The summed E-state index contributed by atoms with van der Waals surface area (Å²) >= 11 is 1.75. The molecule has 2 N–H and O–H groups in total. The molecule has 0 radical (unpaired) electrons. The van der Waals surface area contributed by atoms with Crippen LogP contribution in [0.25, 0.3) is 0 Å². The van der Waals surface area contributed by atoms with Gasteiger partial charge in [0, 0.05) is 23.9 Å². The van der Waals surface area contributed by atoms with E-state index in [-0.39, 0.29) is 6.10 Å². The molecule has 3 heteroatoms. The van der Waals surface area contributed by atoms with Crippen molar-refractivity contribution < 1.29 is 5.11 Å². The monoisotopic (exact) mass is 183 g/mol. The molecule has 2 rings (SSSR count). The van der Waals surface area contributed by atoms with Crippen LogP contribution < -0.4 is 5.32 Å². The minimum absolute atomic E-state index is 0.192. The maximum Gasteiger partial charge on any atom is 0.0753 e. The van der Waals surface area contributed by atoms with E-state index in [0.29, 0.717) is 5.92 Å². The second-order valence-electron chi connectivity index (χ2n) is 3.30. The molecule has 1 aliphatic rings. The lowest BCUT2D eigenvalue weighted by Gasteiger charge is -2.11. The van der Waals surface area contributed by atoms with Crippen molar-refractivity contribution in [2.45, 2.75) is 18.9 Å². The minimum atomic E-state index is -0.192.